The van der Waals surface area contributed by atoms with Crippen molar-refractivity contribution >= 4 is 21.6 Å². The van der Waals surface area contributed by atoms with Crippen LogP contribution in [0.5, 0.6) is 5.75 Å². The number of morpholine rings is 1. The molecule has 7 nitrogen and oxygen atoms in total. The zero-order chi connectivity index (χ0) is 20.7. The minimum atomic E-state index is -3.72. The van der Waals surface area contributed by atoms with Crippen LogP contribution in [0.2, 0.25) is 0 Å². The third kappa shape index (κ3) is 5.93. The Bertz CT molecular complexity index is 784. The molecular weight excluding hydrogens is 392 g/mol. The minimum Gasteiger partial charge on any atom is -0.495 e. The van der Waals surface area contributed by atoms with Crippen molar-refractivity contribution in [3.8, 4) is 5.75 Å². The molecule has 1 aliphatic carbocycles. The van der Waals surface area contributed by atoms with Gasteiger partial charge in [0, 0.05) is 25.2 Å². The second-order valence-corrected chi connectivity index (χ2v) is 9.73. The van der Waals surface area contributed by atoms with Crippen molar-refractivity contribution in [2.45, 2.75) is 56.3 Å². The predicted octanol–water partition coefficient (Wildman–Crippen LogP) is 3.41. The van der Waals surface area contributed by atoms with Crippen molar-refractivity contribution in [1.82, 2.24) is 4.31 Å². The zero-order valence-corrected chi connectivity index (χ0v) is 18.0. The number of benzene rings is 1. The van der Waals surface area contributed by atoms with Crippen molar-refractivity contribution in [1.29, 1.82) is 0 Å². The lowest BCUT2D eigenvalue weighted by Gasteiger charge is -2.26. The molecule has 1 aliphatic heterocycles. The topological polar surface area (TPSA) is 84.9 Å². The van der Waals surface area contributed by atoms with Gasteiger partial charge in [-0.25, -0.2) is 8.42 Å². The number of anilines is 1. The SMILES string of the molecule is COc1ccc(NC(=O)CCCC2CCCCC2)cc1S(=O)(=O)N1CCOCC1. The predicted molar refractivity (Wildman–Crippen MR) is 112 cm³/mol. The monoisotopic (exact) mass is 424 g/mol. The van der Waals surface area contributed by atoms with Crippen LogP contribution in [0.3, 0.4) is 0 Å². The molecule has 2 fully saturated rings. The number of nitrogens with one attached hydrogen (secondary N) is 1. The molecule has 0 spiro atoms. The summed E-state index contributed by atoms with van der Waals surface area (Å²) in [5, 5.41) is 2.84. The summed E-state index contributed by atoms with van der Waals surface area (Å²) in [6.07, 6.45) is 8.93. The molecule has 0 bridgehead atoms. The molecule has 1 N–H and O–H groups in total. The van der Waals surface area contributed by atoms with E-state index >= 15 is 0 Å². The lowest BCUT2D eigenvalue weighted by Crippen LogP contribution is -2.40. The van der Waals surface area contributed by atoms with Crippen molar-refractivity contribution < 1.29 is 22.7 Å². The van der Waals surface area contributed by atoms with Crippen LogP contribution < -0.4 is 10.1 Å². The molecule has 8 heteroatoms. The average Bonchev–Trinajstić information content (AvgIpc) is 2.75. The highest BCUT2D eigenvalue weighted by atomic mass is 32.2. The minimum absolute atomic E-state index is 0.0712. The van der Waals surface area contributed by atoms with E-state index in [1.165, 1.54) is 49.6 Å². The lowest BCUT2D eigenvalue weighted by atomic mass is 9.86. The molecule has 2 aliphatic rings. The third-order valence-electron chi connectivity index (χ3n) is 5.78. The number of nitrogens with zero attached hydrogens (tertiary/aromatic N) is 1. The quantitative estimate of drug-likeness (QED) is 0.691. The summed E-state index contributed by atoms with van der Waals surface area (Å²) < 4.78 is 38.0. The van der Waals surface area contributed by atoms with Crippen LogP contribution in [-0.4, -0.2) is 52.0 Å². The molecule has 3 rings (SSSR count). The van der Waals surface area contributed by atoms with E-state index in [0.717, 1.165) is 18.8 Å². The highest BCUT2D eigenvalue weighted by Gasteiger charge is 2.29. The summed E-state index contributed by atoms with van der Waals surface area (Å²) in [6.45, 7) is 1.37. The van der Waals surface area contributed by atoms with Crippen LogP contribution in [0.15, 0.2) is 23.1 Å². The summed E-state index contributed by atoms with van der Waals surface area (Å²) in [4.78, 5) is 12.4. The van der Waals surface area contributed by atoms with Gasteiger partial charge in [-0.1, -0.05) is 32.1 Å². The highest BCUT2D eigenvalue weighted by Crippen LogP contribution is 2.31. The Balaban J connectivity index is 1.62. The Kier molecular flexibility index (Phi) is 7.91. The fourth-order valence-electron chi connectivity index (χ4n) is 4.13. The Hall–Kier alpha value is -1.64. The van der Waals surface area contributed by atoms with Crippen LogP contribution in [0.4, 0.5) is 5.69 Å². The second-order valence-electron chi connectivity index (χ2n) is 7.83. The summed E-state index contributed by atoms with van der Waals surface area (Å²) in [5.74, 6) is 0.940. The van der Waals surface area contributed by atoms with Gasteiger partial charge >= 0.3 is 0 Å². The van der Waals surface area contributed by atoms with E-state index in [4.69, 9.17) is 9.47 Å². The van der Waals surface area contributed by atoms with Crippen LogP contribution in [0, 0.1) is 5.92 Å². The van der Waals surface area contributed by atoms with E-state index in [1.54, 1.807) is 12.1 Å². The fraction of sp³-hybridized carbons (Fsp3) is 0.667. The normalized spacial score (nSPS) is 19.1. The van der Waals surface area contributed by atoms with Crippen LogP contribution in [0.25, 0.3) is 0 Å². The smallest absolute Gasteiger partial charge is 0.246 e. The number of hydrogen-bond donors (Lipinski definition) is 1. The molecule has 0 unspecified atom stereocenters. The highest BCUT2D eigenvalue weighted by molar-refractivity contribution is 7.89. The molecule has 0 radical (unpaired) electrons. The third-order valence-corrected chi connectivity index (χ3v) is 7.70. The van der Waals surface area contributed by atoms with E-state index in [9.17, 15) is 13.2 Å². The summed E-state index contributed by atoms with van der Waals surface area (Å²) >= 11 is 0. The number of sulfonamides is 1. The first-order chi connectivity index (χ1) is 14.0. The molecule has 1 aromatic carbocycles. The first kappa shape index (κ1) is 22.1. The molecule has 1 saturated carbocycles. The van der Waals surface area contributed by atoms with E-state index in [-0.39, 0.29) is 16.6 Å². The molecular formula is C21H32N2O5S. The average molecular weight is 425 g/mol. The summed E-state index contributed by atoms with van der Waals surface area (Å²) in [7, 11) is -2.28. The Labute approximate surface area is 173 Å². The van der Waals surface area contributed by atoms with Crippen LogP contribution in [0.1, 0.15) is 51.4 Å². The first-order valence-corrected chi connectivity index (χ1v) is 12.0. The van der Waals surface area contributed by atoms with Gasteiger partial charge in [-0.3, -0.25) is 4.79 Å². The maximum atomic E-state index is 13.0. The fourth-order valence-corrected chi connectivity index (χ4v) is 5.72. The van der Waals surface area contributed by atoms with Gasteiger partial charge in [0.25, 0.3) is 0 Å². The number of ether oxygens (including phenoxy) is 2. The van der Waals surface area contributed by atoms with E-state index in [0.29, 0.717) is 38.4 Å². The summed E-state index contributed by atoms with van der Waals surface area (Å²) in [6, 6.07) is 4.75. The maximum absolute atomic E-state index is 13.0. The van der Waals surface area contributed by atoms with E-state index in [2.05, 4.69) is 5.32 Å². The Morgan fingerprint density at radius 2 is 1.93 bits per heavy atom. The molecule has 29 heavy (non-hydrogen) atoms. The van der Waals surface area contributed by atoms with Crippen molar-refractivity contribution in [2.24, 2.45) is 5.92 Å². The number of carbonyl (C=O) groups excluding carboxylic acids is 1. The largest absolute Gasteiger partial charge is 0.495 e. The second kappa shape index (κ2) is 10.4. The molecule has 1 saturated heterocycles. The zero-order valence-electron chi connectivity index (χ0n) is 17.2. The van der Waals surface area contributed by atoms with Gasteiger partial charge in [-0.15, -0.1) is 0 Å². The lowest BCUT2D eigenvalue weighted by molar-refractivity contribution is -0.116. The number of carbonyl (C=O) groups is 1. The van der Waals surface area contributed by atoms with Gasteiger partial charge in [0.15, 0.2) is 0 Å². The van der Waals surface area contributed by atoms with Gasteiger partial charge in [0.2, 0.25) is 15.9 Å². The van der Waals surface area contributed by atoms with E-state index in [1.807, 2.05) is 0 Å². The maximum Gasteiger partial charge on any atom is 0.246 e. The van der Waals surface area contributed by atoms with Gasteiger partial charge in [0.05, 0.1) is 20.3 Å². The number of methoxy groups -OCH3 is 1. The molecule has 0 atom stereocenters. The Morgan fingerprint density at radius 1 is 1.21 bits per heavy atom. The molecule has 1 heterocycles. The van der Waals surface area contributed by atoms with Crippen molar-refractivity contribution in [3.63, 3.8) is 0 Å². The van der Waals surface area contributed by atoms with Gasteiger partial charge < -0.3 is 14.8 Å². The van der Waals surface area contributed by atoms with Crippen molar-refractivity contribution in [2.75, 3.05) is 38.7 Å². The Morgan fingerprint density at radius 3 is 2.62 bits per heavy atom. The number of amides is 1. The molecule has 1 aromatic rings. The molecule has 0 aromatic heterocycles. The van der Waals surface area contributed by atoms with Gasteiger partial charge in [0.1, 0.15) is 10.6 Å². The first-order valence-electron chi connectivity index (χ1n) is 10.6. The molecule has 162 valence electrons. The van der Waals surface area contributed by atoms with Gasteiger partial charge in [-0.05, 0) is 37.0 Å². The number of rotatable bonds is 8. The molecule has 1 amide bonds. The van der Waals surface area contributed by atoms with Crippen LogP contribution in [-0.2, 0) is 19.6 Å². The van der Waals surface area contributed by atoms with Gasteiger partial charge in [-0.2, -0.15) is 4.31 Å². The van der Waals surface area contributed by atoms with Crippen LogP contribution >= 0.6 is 0 Å². The number of hydrogen-bond acceptors (Lipinski definition) is 5. The summed E-state index contributed by atoms with van der Waals surface area (Å²) in [5.41, 5.74) is 0.473. The standard InChI is InChI=1S/C21H32N2O5S/c1-27-19-11-10-18(16-20(19)29(25,26)23-12-14-28-15-13-23)22-21(24)9-5-8-17-6-3-2-4-7-17/h10-11,16-17H,2-9,12-15H2,1H3,(H,22,24). The van der Waals surface area contributed by atoms with E-state index < -0.39 is 10.0 Å². The van der Waals surface area contributed by atoms with Crippen molar-refractivity contribution in [3.05, 3.63) is 18.2 Å².